The topological polar surface area (TPSA) is 20.3 Å². The van der Waals surface area contributed by atoms with E-state index in [0.717, 1.165) is 37.6 Å². The number of rotatable bonds is 3. The molecule has 2 atom stereocenters. The Bertz CT molecular complexity index is 254. The number of carbonyl (C=O) groups is 1. The van der Waals surface area contributed by atoms with Crippen molar-refractivity contribution in [3.63, 3.8) is 0 Å². The molecule has 2 saturated carbocycles. The van der Waals surface area contributed by atoms with Crippen LogP contribution in [-0.4, -0.2) is 29.8 Å². The van der Waals surface area contributed by atoms with Crippen LogP contribution in [0.25, 0.3) is 0 Å². The number of carbonyl (C=O) groups excluding carboxylic acids is 1. The third-order valence-electron chi connectivity index (χ3n) is 5.00. The molecular formula is C15H27NO. The molecule has 0 aliphatic heterocycles. The van der Waals surface area contributed by atoms with Crippen LogP contribution in [0.15, 0.2) is 0 Å². The van der Waals surface area contributed by atoms with E-state index in [9.17, 15) is 4.79 Å². The van der Waals surface area contributed by atoms with Gasteiger partial charge in [0, 0.05) is 24.9 Å². The largest absolute Gasteiger partial charge is 0.300 e. The first-order valence-electron chi connectivity index (χ1n) is 7.44. The summed E-state index contributed by atoms with van der Waals surface area (Å²) >= 11 is 0. The molecule has 17 heavy (non-hydrogen) atoms. The molecule has 0 radical (unpaired) electrons. The molecule has 0 bridgehead atoms. The summed E-state index contributed by atoms with van der Waals surface area (Å²) in [5.41, 5.74) is 0. The molecule has 98 valence electrons. The van der Waals surface area contributed by atoms with Crippen molar-refractivity contribution >= 4 is 5.78 Å². The molecule has 2 fully saturated rings. The highest BCUT2D eigenvalue weighted by atomic mass is 16.1. The van der Waals surface area contributed by atoms with Gasteiger partial charge in [0.15, 0.2) is 0 Å². The second-order valence-electron chi connectivity index (χ2n) is 6.03. The highest BCUT2D eigenvalue weighted by Gasteiger charge is 2.30. The number of hydrogen-bond donors (Lipinski definition) is 0. The van der Waals surface area contributed by atoms with Gasteiger partial charge >= 0.3 is 0 Å². The number of ketones is 1. The van der Waals surface area contributed by atoms with Crippen molar-refractivity contribution in [1.29, 1.82) is 0 Å². The van der Waals surface area contributed by atoms with Crippen LogP contribution in [0.3, 0.4) is 0 Å². The maximum absolute atomic E-state index is 11.3. The lowest BCUT2D eigenvalue weighted by molar-refractivity contribution is -0.121. The minimum absolute atomic E-state index is 0.477. The van der Waals surface area contributed by atoms with Gasteiger partial charge in [-0.3, -0.25) is 4.79 Å². The summed E-state index contributed by atoms with van der Waals surface area (Å²) in [6.45, 7) is 2.33. The Kier molecular flexibility index (Phi) is 4.61. The Morgan fingerprint density at radius 3 is 2.47 bits per heavy atom. The van der Waals surface area contributed by atoms with Crippen molar-refractivity contribution in [2.45, 2.75) is 76.8 Å². The van der Waals surface area contributed by atoms with Crippen LogP contribution < -0.4 is 0 Å². The lowest BCUT2D eigenvalue weighted by atomic mass is 9.82. The first kappa shape index (κ1) is 13.1. The number of nitrogens with zero attached hydrogens (tertiary/aromatic N) is 1. The Balaban J connectivity index is 1.86. The van der Waals surface area contributed by atoms with Gasteiger partial charge in [0.25, 0.3) is 0 Å². The Labute approximate surface area is 106 Å². The molecule has 0 N–H and O–H groups in total. The SMILES string of the molecule is CCC1CCCC(N(C)C2CCC(=O)CC2)C1. The van der Waals surface area contributed by atoms with Crippen LogP contribution in [0.4, 0.5) is 0 Å². The molecule has 0 aromatic rings. The monoisotopic (exact) mass is 237 g/mol. The molecule has 0 heterocycles. The second-order valence-corrected chi connectivity index (χ2v) is 6.03. The second kappa shape index (κ2) is 5.99. The van der Waals surface area contributed by atoms with Gasteiger partial charge < -0.3 is 4.90 Å². The maximum Gasteiger partial charge on any atom is 0.133 e. The summed E-state index contributed by atoms with van der Waals surface area (Å²) in [7, 11) is 2.29. The van der Waals surface area contributed by atoms with Crippen molar-refractivity contribution in [3.05, 3.63) is 0 Å². The molecular weight excluding hydrogens is 210 g/mol. The summed E-state index contributed by atoms with van der Waals surface area (Å²) in [5.74, 6) is 1.42. The van der Waals surface area contributed by atoms with Gasteiger partial charge in [-0.2, -0.15) is 0 Å². The van der Waals surface area contributed by atoms with Gasteiger partial charge in [0.1, 0.15) is 5.78 Å². The highest BCUT2D eigenvalue weighted by Crippen LogP contribution is 2.32. The highest BCUT2D eigenvalue weighted by molar-refractivity contribution is 5.79. The van der Waals surface area contributed by atoms with Gasteiger partial charge in [0.05, 0.1) is 0 Å². The quantitative estimate of drug-likeness (QED) is 0.750. The molecule has 0 saturated heterocycles. The Hall–Kier alpha value is -0.370. The minimum atomic E-state index is 0.477. The average Bonchev–Trinajstić information content (AvgIpc) is 2.39. The van der Waals surface area contributed by atoms with Crippen molar-refractivity contribution in [2.24, 2.45) is 5.92 Å². The number of Topliss-reactive ketones (excluding diaryl/α,β-unsaturated/α-hetero) is 1. The van der Waals surface area contributed by atoms with Gasteiger partial charge in [-0.1, -0.05) is 26.2 Å². The van der Waals surface area contributed by atoms with E-state index in [-0.39, 0.29) is 0 Å². The summed E-state index contributed by atoms with van der Waals surface area (Å²) in [6, 6.07) is 1.46. The summed E-state index contributed by atoms with van der Waals surface area (Å²) in [4.78, 5) is 13.9. The predicted octanol–water partition coefficient (Wildman–Crippen LogP) is 3.40. The van der Waals surface area contributed by atoms with Crippen LogP contribution in [0.1, 0.15) is 64.7 Å². The van der Waals surface area contributed by atoms with Gasteiger partial charge in [0.2, 0.25) is 0 Å². The smallest absolute Gasteiger partial charge is 0.133 e. The van der Waals surface area contributed by atoms with Crippen LogP contribution in [-0.2, 0) is 4.79 Å². The average molecular weight is 237 g/mol. The van der Waals surface area contributed by atoms with E-state index in [1.165, 1.54) is 32.1 Å². The fourth-order valence-electron chi connectivity index (χ4n) is 3.63. The van der Waals surface area contributed by atoms with Gasteiger partial charge in [-0.05, 0) is 38.6 Å². The first-order chi connectivity index (χ1) is 8.20. The zero-order valence-electron chi connectivity index (χ0n) is 11.5. The third kappa shape index (κ3) is 3.31. The van der Waals surface area contributed by atoms with Gasteiger partial charge in [-0.25, -0.2) is 0 Å². The van der Waals surface area contributed by atoms with Crippen LogP contribution in [0.5, 0.6) is 0 Å². The van der Waals surface area contributed by atoms with E-state index in [1.807, 2.05) is 0 Å². The minimum Gasteiger partial charge on any atom is -0.300 e. The van der Waals surface area contributed by atoms with Gasteiger partial charge in [-0.15, -0.1) is 0 Å². The van der Waals surface area contributed by atoms with Crippen LogP contribution in [0, 0.1) is 5.92 Å². The summed E-state index contributed by atoms with van der Waals surface area (Å²) in [6.07, 6.45) is 10.8. The summed E-state index contributed by atoms with van der Waals surface area (Å²) < 4.78 is 0. The van der Waals surface area contributed by atoms with E-state index in [2.05, 4.69) is 18.9 Å². The van der Waals surface area contributed by atoms with E-state index >= 15 is 0 Å². The molecule has 0 amide bonds. The molecule has 2 heteroatoms. The number of hydrogen-bond acceptors (Lipinski definition) is 2. The van der Waals surface area contributed by atoms with E-state index in [0.29, 0.717) is 11.8 Å². The fraction of sp³-hybridized carbons (Fsp3) is 0.933. The summed E-state index contributed by atoms with van der Waals surface area (Å²) in [5, 5.41) is 0. The molecule has 2 nitrogen and oxygen atoms in total. The zero-order chi connectivity index (χ0) is 12.3. The first-order valence-corrected chi connectivity index (χ1v) is 7.44. The molecule has 2 aliphatic carbocycles. The third-order valence-corrected chi connectivity index (χ3v) is 5.00. The standard InChI is InChI=1S/C15H27NO/c1-3-12-5-4-6-14(11-12)16(2)13-7-9-15(17)10-8-13/h12-14H,3-11H2,1-2H3. The lowest BCUT2D eigenvalue weighted by Crippen LogP contribution is -2.44. The van der Waals surface area contributed by atoms with Crippen molar-refractivity contribution in [1.82, 2.24) is 4.90 Å². The van der Waals surface area contributed by atoms with Crippen molar-refractivity contribution in [3.8, 4) is 0 Å². The normalized spacial score (nSPS) is 32.1. The Morgan fingerprint density at radius 1 is 1.12 bits per heavy atom. The molecule has 2 unspecified atom stereocenters. The molecule has 0 aromatic carbocycles. The van der Waals surface area contributed by atoms with Crippen molar-refractivity contribution in [2.75, 3.05) is 7.05 Å². The van der Waals surface area contributed by atoms with E-state index < -0.39 is 0 Å². The van der Waals surface area contributed by atoms with E-state index in [4.69, 9.17) is 0 Å². The molecule has 2 rings (SSSR count). The van der Waals surface area contributed by atoms with E-state index in [1.54, 1.807) is 0 Å². The molecule has 2 aliphatic rings. The molecule has 0 spiro atoms. The zero-order valence-corrected chi connectivity index (χ0v) is 11.5. The maximum atomic E-state index is 11.3. The van der Waals surface area contributed by atoms with Crippen LogP contribution in [0.2, 0.25) is 0 Å². The Morgan fingerprint density at radius 2 is 1.82 bits per heavy atom. The van der Waals surface area contributed by atoms with Crippen molar-refractivity contribution < 1.29 is 4.79 Å². The predicted molar refractivity (Wildman–Crippen MR) is 71.1 cm³/mol. The fourth-order valence-corrected chi connectivity index (χ4v) is 3.63. The van der Waals surface area contributed by atoms with Crippen LogP contribution >= 0.6 is 0 Å². The molecule has 0 aromatic heterocycles. The lowest BCUT2D eigenvalue weighted by Gasteiger charge is -2.40.